The number of aryl methyl sites for hydroxylation is 2. The molecule has 0 N–H and O–H groups in total. The van der Waals surface area contributed by atoms with Crippen molar-refractivity contribution in [2.75, 3.05) is 0 Å². The molecular formula is C15H16BrNO. The van der Waals surface area contributed by atoms with Gasteiger partial charge in [-0.25, -0.2) is 0 Å². The van der Waals surface area contributed by atoms with Gasteiger partial charge in [0.2, 0.25) is 12.3 Å². The minimum Gasteiger partial charge on any atom is -1.00 e. The number of carbonyl (C=O) groups excluding carboxylic acids is 1. The van der Waals surface area contributed by atoms with Crippen molar-refractivity contribution in [1.29, 1.82) is 0 Å². The standard InChI is InChI=1S/C15H16NO.BrH/c1-12-5-7-14(8-6-12)15(17)11-16-9-3-4-13(2)10-16;/h3-10H,11H2,1-2H3;1H/q+1;/p-1. The van der Waals surface area contributed by atoms with Gasteiger partial charge in [-0.1, -0.05) is 29.8 Å². The summed E-state index contributed by atoms with van der Waals surface area (Å²) in [5.74, 6) is 0.139. The lowest BCUT2D eigenvalue weighted by molar-refractivity contribution is -0.683. The highest BCUT2D eigenvalue weighted by Gasteiger charge is 2.11. The summed E-state index contributed by atoms with van der Waals surface area (Å²) in [7, 11) is 0. The van der Waals surface area contributed by atoms with Gasteiger partial charge in [0.1, 0.15) is 0 Å². The van der Waals surface area contributed by atoms with Crippen LogP contribution >= 0.6 is 0 Å². The first-order valence-corrected chi connectivity index (χ1v) is 5.71. The van der Waals surface area contributed by atoms with E-state index in [2.05, 4.69) is 0 Å². The van der Waals surface area contributed by atoms with E-state index in [1.165, 1.54) is 5.56 Å². The van der Waals surface area contributed by atoms with Crippen molar-refractivity contribution in [3.63, 3.8) is 0 Å². The summed E-state index contributed by atoms with van der Waals surface area (Å²) in [5, 5.41) is 0. The molecule has 94 valence electrons. The molecule has 0 aliphatic heterocycles. The fourth-order valence-corrected chi connectivity index (χ4v) is 1.75. The fraction of sp³-hybridized carbons (Fsp3) is 0.200. The predicted octanol–water partition coefficient (Wildman–Crippen LogP) is -0.522. The molecule has 0 saturated heterocycles. The highest BCUT2D eigenvalue weighted by Crippen LogP contribution is 2.04. The largest absolute Gasteiger partial charge is 1.00 e. The maximum absolute atomic E-state index is 12.0. The zero-order valence-electron chi connectivity index (χ0n) is 10.6. The number of aromatic nitrogens is 1. The smallest absolute Gasteiger partial charge is 0.227 e. The molecule has 0 saturated carbocycles. The summed E-state index contributed by atoms with van der Waals surface area (Å²) in [6.45, 7) is 4.43. The van der Waals surface area contributed by atoms with Crippen LogP contribution in [0.2, 0.25) is 0 Å². The third-order valence-electron chi connectivity index (χ3n) is 2.71. The molecule has 2 nitrogen and oxygen atoms in total. The summed E-state index contributed by atoms with van der Waals surface area (Å²) < 4.78 is 1.91. The highest BCUT2D eigenvalue weighted by atomic mass is 79.9. The van der Waals surface area contributed by atoms with Crippen LogP contribution < -0.4 is 21.5 Å². The molecule has 0 aliphatic carbocycles. The molecule has 0 aliphatic rings. The van der Waals surface area contributed by atoms with Gasteiger partial charge < -0.3 is 17.0 Å². The Hall–Kier alpha value is -1.48. The second kappa shape index (κ2) is 6.45. The summed E-state index contributed by atoms with van der Waals surface area (Å²) in [5.41, 5.74) is 3.10. The van der Waals surface area contributed by atoms with Crippen LogP contribution in [0.15, 0.2) is 48.8 Å². The third-order valence-corrected chi connectivity index (χ3v) is 2.71. The maximum atomic E-state index is 12.0. The Bertz CT molecular complexity index is 534. The molecular weight excluding hydrogens is 290 g/mol. The molecule has 0 unspecified atom stereocenters. The minimum absolute atomic E-state index is 0. The Morgan fingerprint density at radius 1 is 1.06 bits per heavy atom. The van der Waals surface area contributed by atoms with E-state index in [0.29, 0.717) is 6.54 Å². The van der Waals surface area contributed by atoms with Crippen LogP contribution in [-0.4, -0.2) is 5.78 Å². The van der Waals surface area contributed by atoms with Gasteiger partial charge in [-0.3, -0.25) is 4.79 Å². The van der Waals surface area contributed by atoms with Gasteiger partial charge in [0.15, 0.2) is 12.4 Å². The average Bonchev–Trinajstić information content (AvgIpc) is 2.29. The van der Waals surface area contributed by atoms with Crippen molar-refractivity contribution in [2.45, 2.75) is 20.4 Å². The van der Waals surface area contributed by atoms with E-state index in [1.54, 1.807) is 0 Å². The first-order valence-electron chi connectivity index (χ1n) is 5.71. The minimum atomic E-state index is 0. The number of hydrogen-bond donors (Lipinski definition) is 0. The normalized spacial score (nSPS) is 9.67. The average molecular weight is 306 g/mol. The molecule has 18 heavy (non-hydrogen) atoms. The summed E-state index contributed by atoms with van der Waals surface area (Å²) >= 11 is 0. The molecule has 2 rings (SSSR count). The maximum Gasteiger partial charge on any atom is 0.227 e. The van der Waals surface area contributed by atoms with Crippen molar-refractivity contribution in [3.8, 4) is 0 Å². The molecule has 0 radical (unpaired) electrons. The second-order valence-corrected chi connectivity index (χ2v) is 4.34. The number of Topliss-reactive ketones (excluding diaryl/α,β-unsaturated/α-hetero) is 1. The lowest BCUT2D eigenvalue weighted by atomic mass is 10.1. The Kier molecular flexibility index (Phi) is 5.23. The van der Waals surface area contributed by atoms with Gasteiger partial charge in [0.25, 0.3) is 0 Å². The monoisotopic (exact) mass is 305 g/mol. The first kappa shape index (κ1) is 14.6. The van der Waals surface area contributed by atoms with Gasteiger partial charge in [-0.2, -0.15) is 4.57 Å². The SMILES string of the molecule is Cc1ccc(C(=O)C[n+]2cccc(C)c2)cc1.[Br-]. The number of benzene rings is 1. The van der Waals surface area contributed by atoms with Gasteiger partial charge in [-0.15, -0.1) is 0 Å². The van der Waals surface area contributed by atoms with Crippen LogP contribution in [0.1, 0.15) is 21.5 Å². The lowest BCUT2D eigenvalue weighted by Crippen LogP contribution is -3.00. The fourth-order valence-electron chi connectivity index (χ4n) is 1.75. The van der Waals surface area contributed by atoms with Crippen LogP contribution in [0, 0.1) is 13.8 Å². The van der Waals surface area contributed by atoms with E-state index >= 15 is 0 Å². The lowest BCUT2D eigenvalue weighted by Gasteiger charge is -1.99. The van der Waals surface area contributed by atoms with E-state index in [-0.39, 0.29) is 22.8 Å². The number of ketones is 1. The van der Waals surface area contributed by atoms with Gasteiger partial charge in [0.05, 0.1) is 0 Å². The van der Waals surface area contributed by atoms with Crippen LogP contribution in [0.25, 0.3) is 0 Å². The van der Waals surface area contributed by atoms with E-state index in [0.717, 1.165) is 11.1 Å². The van der Waals surface area contributed by atoms with Gasteiger partial charge in [0, 0.05) is 17.2 Å². The highest BCUT2D eigenvalue weighted by molar-refractivity contribution is 5.95. The predicted molar refractivity (Wildman–Crippen MR) is 66.9 cm³/mol. The quantitative estimate of drug-likeness (QED) is 0.552. The molecule has 0 amide bonds. The number of hydrogen-bond acceptors (Lipinski definition) is 1. The molecule has 1 heterocycles. The number of halogens is 1. The third kappa shape index (κ3) is 3.77. The zero-order valence-corrected chi connectivity index (χ0v) is 12.1. The van der Waals surface area contributed by atoms with E-state index in [1.807, 2.05) is 67.2 Å². The van der Waals surface area contributed by atoms with E-state index in [9.17, 15) is 4.79 Å². The topological polar surface area (TPSA) is 20.9 Å². The van der Waals surface area contributed by atoms with Crippen LogP contribution in [-0.2, 0) is 6.54 Å². The van der Waals surface area contributed by atoms with Crippen molar-refractivity contribution < 1.29 is 26.3 Å². The van der Waals surface area contributed by atoms with Crippen LogP contribution in [0.4, 0.5) is 0 Å². The number of nitrogens with zero attached hydrogens (tertiary/aromatic N) is 1. The Morgan fingerprint density at radius 2 is 1.72 bits per heavy atom. The van der Waals surface area contributed by atoms with Crippen molar-refractivity contribution in [2.24, 2.45) is 0 Å². The Balaban J connectivity index is 0.00000162. The Morgan fingerprint density at radius 3 is 2.33 bits per heavy atom. The number of carbonyl (C=O) groups is 1. The molecule has 2 aromatic rings. The second-order valence-electron chi connectivity index (χ2n) is 4.34. The number of pyridine rings is 1. The van der Waals surface area contributed by atoms with Crippen molar-refractivity contribution in [1.82, 2.24) is 0 Å². The molecule has 3 heteroatoms. The zero-order chi connectivity index (χ0) is 12.3. The summed E-state index contributed by atoms with van der Waals surface area (Å²) in [6.07, 6.45) is 3.89. The first-order chi connectivity index (χ1) is 8.15. The van der Waals surface area contributed by atoms with Gasteiger partial charge in [-0.05, 0) is 19.9 Å². The van der Waals surface area contributed by atoms with E-state index in [4.69, 9.17) is 0 Å². The summed E-state index contributed by atoms with van der Waals surface area (Å²) in [6, 6.07) is 11.7. The molecule has 0 fully saturated rings. The number of rotatable bonds is 3. The Labute approximate surface area is 118 Å². The molecule has 0 spiro atoms. The van der Waals surface area contributed by atoms with Gasteiger partial charge >= 0.3 is 0 Å². The summed E-state index contributed by atoms with van der Waals surface area (Å²) in [4.78, 5) is 12.0. The van der Waals surface area contributed by atoms with Crippen LogP contribution in [0.5, 0.6) is 0 Å². The molecule has 1 aromatic heterocycles. The van der Waals surface area contributed by atoms with Crippen LogP contribution in [0.3, 0.4) is 0 Å². The van der Waals surface area contributed by atoms with E-state index < -0.39 is 0 Å². The molecule has 0 atom stereocenters. The van der Waals surface area contributed by atoms with Crippen molar-refractivity contribution >= 4 is 5.78 Å². The van der Waals surface area contributed by atoms with Crippen molar-refractivity contribution in [3.05, 3.63) is 65.5 Å². The molecule has 1 aromatic carbocycles. The molecule has 0 bridgehead atoms.